The molecule has 0 aliphatic heterocycles. The maximum atomic E-state index is 8.56. The molecule has 25 heavy (non-hydrogen) atoms. The SMILES string of the molecule is CBr.CC(C)C.CC(C)C.N.O=C(O)O.O=C(O)O.c1ccncc1. The van der Waals surface area contributed by atoms with Gasteiger partial charge in [0.2, 0.25) is 0 Å². The number of rotatable bonds is 0. The molecule has 0 aliphatic carbocycles. The maximum absolute atomic E-state index is 8.56. The third-order valence-corrected chi connectivity index (χ3v) is 0.566. The lowest BCUT2D eigenvalue weighted by Crippen LogP contribution is -1.81. The summed E-state index contributed by atoms with van der Waals surface area (Å²) in [6, 6.07) is 5.72. The van der Waals surface area contributed by atoms with E-state index in [1.54, 1.807) is 12.4 Å². The summed E-state index contributed by atoms with van der Waals surface area (Å²) in [7, 11) is 0. The molecule has 0 fully saturated rings. The minimum absolute atomic E-state index is 0. The molecule has 0 saturated carbocycles. The fourth-order valence-corrected chi connectivity index (χ4v) is 0.313. The van der Waals surface area contributed by atoms with Crippen LogP contribution in [0.5, 0.6) is 0 Å². The summed E-state index contributed by atoms with van der Waals surface area (Å²) in [4.78, 5) is 20.9. The topological polar surface area (TPSA) is 163 Å². The van der Waals surface area contributed by atoms with Crippen molar-refractivity contribution in [1.82, 2.24) is 11.1 Å². The zero-order chi connectivity index (χ0) is 20.6. The molecule has 0 aliphatic rings. The Kier molecular flexibility index (Phi) is 58.6. The molecule has 9 heteroatoms. The van der Waals surface area contributed by atoms with Crippen molar-refractivity contribution in [3.63, 3.8) is 0 Å². The first kappa shape index (κ1) is 38.6. The van der Waals surface area contributed by atoms with Gasteiger partial charge in [0.05, 0.1) is 0 Å². The third kappa shape index (κ3) is 526. The van der Waals surface area contributed by atoms with E-state index in [9.17, 15) is 0 Å². The first-order chi connectivity index (χ1) is 10.9. The van der Waals surface area contributed by atoms with Gasteiger partial charge in [0.15, 0.2) is 0 Å². The van der Waals surface area contributed by atoms with Crippen LogP contribution in [0.4, 0.5) is 9.59 Å². The first-order valence-electron chi connectivity index (χ1n) is 6.99. The van der Waals surface area contributed by atoms with Crippen LogP contribution in [0.1, 0.15) is 41.5 Å². The van der Waals surface area contributed by atoms with E-state index < -0.39 is 12.3 Å². The molecule has 8 nitrogen and oxygen atoms in total. The molecule has 0 amide bonds. The van der Waals surface area contributed by atoms with Gasteiger partial charge in [-0.15, -0.1) is 0 Å². The molecule has 0 unspecified atom stereocenters. The Morgan fingerprint density at radius 3 is 0.920 bits per heavy atom. The van der Waals surface area contributed by atoms with Gasteiger partial charge in [0.25, 0.3) is 0 Å². The van der Waals surface area contributed by atoms with E-state index in [1.807, 2.05) is 24.0 Å². The number of aromatic nitrogens is 1. The van der Waals surface area contributed by atoms with Crippen LogP contribution >= 0.6 is 15.9 Å². The second kappa shape index (κ2) is 38.0. The second-order valence-electron chi connectivity index (χ2n) is 5.05. The number of hydrogen-bond acceptors (Lipinski definition) is 4. The van der Waals surface area contributed by atoms with Crippen molar-refractivity contribution in [3.05, 3.63) is 30.6 Å². The molecule has 0 spiro atoms. The molecule has 152 valence electrons. The van der Waals surface area contributed by atoms with Crippen LogP contribution in [0.2, 0.25) is 0 Å². The lowest BCUT2D eigenvalue weighted by molar-refractivity contribution is 0.135. The smallest absolute Gasteiger partial charge is 0.450 e. The number of pyridine rings is 1. The first-order valence-corrected chi connectivity index (χ1v) is 8.58. The monoisotopic (exact) mass is 430 g/mol. The molecular formula is C16H35BrN2O6. The molecular weight excluding hydrogens is 396 g/mol. The Bertz CT molecular complexity index is 280. The zero-order valence-corrected chi connectivity index (χ0v) is 17.8. The number of carbonyl (C=O) groups is 2. The minimum Gasteiger partial charge on any atom is -0.450 e. The largest absolute Gasteiger partial charge is 0.503 e. The van der Waals surface area contributed by atoms with Gasteiger partial charge in [-0.25, -0.2) is 9.59 Å². The van der Waals surface area contributed by atoms with Gasteiger partial charge in [0, 0.05) is 12.4 Å². The quantitative estimate of drug-likeness (QED) is 0.311. The van der Waals surface area contributed by atoms with Crippen molar-refractivity contribution < 1.29 is 30.0 Å². The van der Waals surface area contributed by atoms with Gasteiger partial charge in [-0.2, -0.15) is 0 Å². The summed E-state index contributed by atoms with van der Waals surface area (Å²) in [6.07, 6.45) is -0.167. The lowest BCUT2D eigenvalue weighted by Gasteiger charge is -1.79. The summed E-state index contributed by atoms with van der Waals surface area (Å²) in [5.41, 5.74) is 0. The van der Waals surface area contributed by atoms with Crippen LogP contribution in [-0.4, -0.2) is 43.6 Å². The van der Waals surface area contributed by atoms with Gasteiger partial charge >= 0.3 is 12.3 Å². The minimum atomic E-state index is -1.83. The Morgan fingerprint density at radius 1 is 0.720 bits per heavy atom. The highest BCUT2D eigenvalue weighted by atomic mass is 79.9. The number of halogens is 1. The molecule has 1 aromatic rings. The predicted molar refractivity (Wildman–Crippen MR) is 106 cm³/mol. The van der Waals surface area contributed by atoms with Crippen LogP contribution in [0, 0.1) is 11.8 Å². The van der Waals surface area contributed by atoms with Crippen LogP contribution in [-0.2, 0) is 0 Å². The van der Waals surface area contributed by atoms with Gasteiger partial charge in [-0.05, 0) is 29.8 Å². The van der Waals surface area contributed by atoms with Crippen molar-refractivity contribution in [1.29, 1.82) is 0 Å². The summed E-state index contributed by atoms with van der Waals surface area (Å²) in [5, 5.41) is 27.9. The maximum Gasteiger partial charge on any atom is 0.503 e. The normalized spacial score (nSPS) is 6.96. The highest BCUT2D eigenvalue weighted by molar-refractivity contribution is 9.08. The van der Waals surface area contributed by atoms with E-state index in [1.165, 1.54) is 0 Å². The summed E-state index contributed by atoms with van der Waals surface area (Å²) < 4.78 is 0. The molecule has 1 rings (SSSR count). The molecule has 1 aromatic heterocycles. The highest BCUT2D eigenvalue weighted by Gasteiger charge is 1.70. The van der Waals surface area contributed by atoms with Crippen molar-refractivity contribution in [2.24, 2.45) is 11.8 Å². The van der Waals surface area contributed by atoms with Gasteiger partial charge in [-0.1, -0.05) is 63.5 Å². The molecule has 0 saturated heterocycles. The van der Waals surface area contributed by atoms with E-state index in [-0.39, 0.29) is 6.15 Å². The molecule has 0 atom stereocenters. The Labute approximate surface area is 159 Å². The van der Waals surface area contributed by atoms with Gasteiger partial charge in [-0.3, -0.25) is 4.98 Å². The third-order valence-electron chi connectivity index (χ3n) is 0.566. The number of hydrogen-bond donors (Lipinski definition) is 5. The second-order valence-corrected chi connectivity index (χ2v) is 5.05. The molecule has 0 bridgehead atoms. The standard InChI is InChI=1S/C5H5N.2C4H10.CH3Br.2CH2O3.H3N/c1-2-4-6-5-3-1;2*1-4(2)3;1-2;2*2-1(3)4;/h1-5H;2*4H,1-3H3;1H3;2*(H2,2,3,4);1H3. The molecule has 0 aromatic carbocycles. The molecule has 0 radical (unpaired) electrons. The highest BCUT2D eigenvalue weighted by Crippen LogP contribution is 1.81. The van der Waals surface area contributed by atoms with Crippen molar-refractivity contribution in [2.45, 2.75) is 41.5 Å². The van der Waals surface area contributed by atoms with Crippen LogP contribution in [0.25, 0.3) is 0 Å². The Balaban J connectivity index is -0.0000000442. The average molecular weight is 431 g/mol. The lowest BCUT2D eigenvalue weighted by atomic mass is 10.3. The van der Waals surface area contributed by atoms with Crippen LogP contribution < -0.4 is 6.15 Å². The Morgan fingerprint density at radius 2 is 0.880 bits per heavy atom. The van der Waals surface area contributed by atoms with E-state index in [2.05, 4.69) is 62.5 Å². The van der Waals surface area contributed by atoms with E-state index in [0.29, 0.717) is 0 Å². The summed E-state index contributed by atoms with van der Waals surface area (Å²) in [6.45, 7) is 13.0. The van der Waals surface area contributed by atoms with E-state index in [4.69, 9.17) is 30.0 Å². The fourth-order valence-electron chi connectivity index (χ4n) is 0.313. The average Bonchev–Trinajstić information content (AvgIpc) is 2.40. The van der Waals surface area contributed by atoms with Gasteiger partial charge < -0.3 is 26.6 Å². The van der Waals surface area contributed by atoms with Crippen LogP contribution in [0.15, 0.2) is 30.6 Å². The number of carboxylic acid groups (broad SMARTS) is 4. The van der Waals surface area contributed by atoms with Gasteiger partial charge in [0.1, 0.15) is 0 Å². The van der Waals surface area contributed by atoms with Crippen molar-refractivity contribution in [2.75, 3.05) is 5.83 Å². The fraction of sp³-hybridized carbons (Fsp3) is 0.562. The van der Waals surface area contributed by atoms with Crippen LogP contribution in [0.3, 0.4) is 0 Å². The van der Waals surface area contributed by atoms with E-state index in [0.717, 1.165) is 11.8 Å². The zero-order valence-electron chi connectivity index (χ0n) is 16.2. The van der Waals surface area contributed by atoms with Crippen molar-refractivity contribution >= 4 is 28.2 Å². The number of alkyl halides is 1. The van der Waals surface area contributed by atoms with E-state index >= 15 is 0 Å². The summed E-state index contributed by atoms with van der Waals surface area (Å²) in [5.74, 6) is 3.48. The van der Waals surface area contributed by atoms with Crippen molar-refractivity contribution in [3.8, 4) is 0 Å². The molecule has 7 N–H and O–H groups in total. The Hall–Kier alpha value is -1.87. The number of nitrogens with zero attached hydrogens (tertiary/aromatic N) is 1. The predicted octanol–water partition coefficient (Wildman–Crippen LogP) is 6.02. The molecule has 1 heterocycles. The summed E-state index contributed by atoms with van der Waals surface area (Å²) >= 11 is 2.94.